The van der Waals surface area contributed by atoms with Crippen molar-refractivity contribution >= 4 is 46.5 Å². The average Bonchev–Trinajstić information content (AvgIpc) is 3.29. The number of non-ortho nitro benzene ring substituents is 1. The van der Waals surface area contributed by atoms with Gasteiger partial charge in [0.15, 0.2) is 18.1 Å². The first kappa shape index (κ1) is 61.1. The summed E-state index contributed by atoms with van der Waals surface area (Å²) in [6.07, 6.45) is -0.496. The number of benzene rings is 3. The Labute approximate surface area is 445 Å². The minimum atomic E-state index is -4.74. The number of hydrogen-bond acceptors (Lipinski definition) is 13. The standard InChI is InChI=1S/C56H87NO13SSi3/c1-33(2)72(34(3)4,35(5)6)66-31-50-55(70-74(39(13)14,40(15)16)41(17)18)49(69-73(36(7)8,37(9)10)38(11)12)30-51(67-50)56(59)45-22-21-23-47(65-32-64-20)52(45)54(58)53-46(56)28-42(19)29-48(53)68-71(62,63)44-26-24-43(25-27-44)57(60)61/h21-30,33-41,49-50,55,59H,31-32H2,1-20H3/t49-,50-,55+,56+/m1/s1. The molecule has 5 rings (SSSR count). The van der Waals surface area contributed by atoms with Crippen molar-refractivity contribution in [3.05, 3.63) is 104 Å². The van der Waals surface area contributed by atoms with E-state index >= 15 is 4.79 Å². The van der Waals surface area contributed by atoms with Gasteiger partial charge in [-0.2, -0.15) is 8.42 Å². The maximum atomic E-state index is 15.4. The smallest absolute Gasteiger partial charge is 0.339 e. The van der Waals surface area contributed by atoms with Crippen LogP contribution in [-0.4, -0.2) is 88.0 Å². The third-order valence-corrected chi connectivity index (χ3v) is 35.8. The van der Waals surface area contributed by atoms with Crippen LogP contribution in [0, 0.1) is 17.0 Å². The van der Waals surface area contributed by atoms with E-state index in [0.29, 0.717) is 5.56 Å². The lowest BCUT2D eigenvalue weighted by molar-refractivity contribution is -0.384. The van der Waals surface area contributed by atoms with Crippen LogP contribution in [0.25, 0.3) is 0 Å². The molecule has 3 aromatic rings. The highest BCUT2D eigenvalue weighted by molar-refractivity contribution is 7.87. The number of fused-ring (bicyclic) bond motifs is 2. The summed E-state index contributed by atoms with van der Waals surface area (Å²) in [7, 11) is -11.5. The second-order valence-electron chi connectivity index (χ2n) is 23.4. The number of methoxy groups -OCH3 is 1. The fourth-order valence-corrected chi connectivity index (χ4v) is 30.9. The van der Waals surface area contributed by atoms with Gasteiger partial charge in [-0.15, -0.1) is 0 Å². The van der Waals surface area contributed by atoms with Crippen LogP contribution in [0.1, 0.15) is 157 Å². The Hall–Kier alpha value is -3.73. The molecule has 0 radical (unpaired) electrons. The number of nitro groups is 1. The molecule has 3 aromatic carbocycles. The Morgan fingerprint density at radius 2 is 1.18 bits per heavy atom. The number of nitrogens with zero attached hydrogens (tertiary/aromatic N) is 1. The summed E-state index contributed by atoms with van der Waals surface area (Å²) in [5.41, 5.74) is -0.617. The zero-order valence-corrected chi connectivity index (χ0v) is 51.6. The van der Waals surface area contributed by atoms with Gasteiger partial charge in [0.05, 0.1) is 28.8 Å². The number of rotatable bonds is 24. The van der Waals surface area contributed by atoms with Gasteiger partial charge in [-0.1, -0.05) is 143 Å². The molecule has 0 amide bonds. The summed E-state index contributed by atoms with van der Waals surface area (Å²) >= 11 is 0. The normalized spacial score (nSPS) is 19.8. The molecule has 74 heavy (non-hydrogen) atoms. The fraction of sp³-hybridized carbons (Fsp3) is 0.625. The molecule has 18 heteroatoms. The van der Waals surface area contributed by atoms with Crippen LogP contribution >= 0.6 is 0 Å². The van der Waals surface area contributed by atoms with Gasteiger partial charge in [0, 0.05) is 30.4 Å². The highest BCUT2D eigenvalue weighted by Crippen LogP contribution is 2.54. The van der Waals surface area contributed by atoms with Gasteiger partial charge in [0.25, 0.3) is 5.69 Å². The van der Waals surface area contributed by atoms with Crippen molar-refractivity contribution in [2.75, 3.05) is 20.5 Å². The van der Waals surface area contributed by atoms with Crippen molar-refractivity contribution in [1.29, 1.82) is 0 Å². The third-order valence-electron chi connectivity index (χ3n) is 16.3. The molecule has 1 aliphatic carbocycles. The van der Waals surface area contributed by atoms with E-state index in [1.54, 1.807) is 31.2 Å². The topological polar surface area (TPSA) is 179 Å². The highest BCUT2D eigenvalue weighted by Gasteiger charge is 2.58. The molecule has 0 spiro atoms. The van der Waals surface area contributed by atoms with Crippen LogP contribution in [0.4, 0.5) is 5.69 Å². The predicted octanol–water partition coefficient (Wildman–Crippen LogP) is 14.0. The van der Waals surface area contributed by atoms with Gasteiger partial charge in [0.2, 0.25) is 30.7 Å². The molecule has 4 atom stereocenters. The number of nitro benzene ring substituents is 1. The Balaban J connectivity index is 1.96. The third kappa shape index (κ3) is 11.0. The molecule has 0 saturated carbocycles. The molecule has 0 bridgehead atoms. The number of carbonyl (C=O) groups excluding carboxylic acids is 1. The maximum absolute atomic E-state index is 15.4. The van der Waals surface area contributed by atoms with Crippen molar-refractivity contribution < 1.29 is 54.9 Å². The minimum Gasteiger partial charge on any atom is -0.486 e. The summed E-state index contributed by atoms with van der Waals surface area (Å²) in [4.78, 5) is 25.9. The van der Waals surface area contributed by atoms with E-state index in [4.69, 9.17) is 31.7 Å². The number of hydrogen-bond donors (Lipinski definition) is 1. The Morgan fingerprint density at radius 3 is 1.65 bits per heavy atom. The summed E-state index contributed by atoms with van der Waals surface area (Å²) in [5, 5.41) is 25.8. The van der Waals surface area contributed by atoms with E-state index in [2.05, 4.69) is 125 Å². The van der Waals surface area contributed by atoms with Crippen molar-refractivity contribution in [2.24, 2.45) is 0 Å². The quantitative estimate of drug-likeness (QED) is 0.0295. The predicted molar refractivity (Wildman–Crippen MR) is 299 cm³/mol. The van der Waals surface area contributed by atoms with E-state index in [9.17, 15) is 23.6 Å². The number of carbonyl (C=O) groups is 1. The first-order valence-corrected chi connectivity index (χ1v) is 34.4. The molecule has 0 aromatic heterocycles. The van der Waals surface area contributed by atoms with Crippen LogP contribution in [0.2, 0.25) is 49.9 Å². The molecule has 1 aliphatic heterocycles. The van der Waals surface area contributed by atoms with E-state index < -0.39 is 69.7 Å². The summed E-state index contributed by atoms with van der Waals surface area (Å²) < 4.78 is 76.7. The molecular weight excluding hydrogens is 1010 g/mol. The first-order valence-electron chi connectivity index (χ1n) is 26.6. The second-order valence-corrected chi connectivity index (χ2v) is 41.2. The minimum absolute atomic E-state index is 0.0161. The molecule has 412 valence electrons. The molecule has 0 saturated heterocycles. The van der Waals surface area contributed by atoms with Gasteiger partial charge >= 0.3 is 10.1 Å². The van der Waals surface area contributed by atoms with Crippen LogP contribution in [0.5, 0.6) is 11.5 Å². The van der Waals surface area contributed by atoms with Gasteiger partial charge < -0.3 is 36.8 Å². The molecular formula is C56H87NO13SSi3. The lowest BCUT2D eigenvalue weighted by Crippen LogP contribution is -2.62. The number of aryl methyl sites for hydroxylation is 1. The average molecular weight is 1100 g/mol. The van der Waals surface area contributed by atoms with Crippen molar-refractivity contribution in [1.82, 2.24) is 0 Å². The van der Waals surface area contributed by atoms with E-state index in [1.165, 1.54) is 13.2 Å². The lowest BCUT2D eigenvalue weighted by atomic mass is 9.71. The summed E-state index contributed by atoms with van der Waals surface area (Å²) in [5.74, 6) is -0.920. The van der Waals surface area contributed by atoms with Crippen molar-refractivity contribution in [3.8, 4) is 11.5 Å². The highest BCUT2D eigenvalue weighted by atomic mass is 32.2. The molecule has 0 fully saturated rings. The summed E-state index contributed by atoms with van der Waals surface area (Å²) in [6, 6.07) is 12.2. The molecule has 0 unspecified atom stereocenters. The van der Waals surface area contributed by atoms with E-state index in [0.717, 1.165) is 24.3 Å². The molecule has 14 nitrogen and oxygen atoms in total. The SMILES string of the molecule is COCOc1cccc2c1C(=O)c1c(OS(=O)(=O)c3ccc([N+](=O)[O-])cc3)cc(C)cc1[C@]2(O)C1=C[C@@H](O[Si](C(C)C)(C(C)C)C(C)C)[C@H](O[Si](C(C)C)(C(C)C)C(C)C)[C@@H](CO[Si](C(C)C)(C(C)C)C(C)C)O1. The largest absolute Gasteiger partial charge is 0.486 e. The number of ether oxygens (including phenoxy) is 3. The zero-order chi connectivity index (χ0) is 55.8. The monoisotopic (exact) mass is 1100 g/mol. The fourth-order valence-electron chi connectivity index (χ4n) is 13.4. The van der Waals surface area contributed by atoms with Gasteiger partial charge in [0.1, 0.15) is 28.6 Å². The van der Waals surface area contributed by atoms with Crippen LogP contribution < -0.4 is 8.92 Å². The molecule has 1 heterocycles. The second kappa shape index (κ2) is 23.5. The van der Waals surface area contributed by atoms with Crippen LogP contribution in [0.15, 0.2) is 71.3 Å². The Kier molecular flexibility index (Phi) is 19.4. The Morgan fingerprint density at radius 1 is 0.689 bits per heavy atom. The van der Waals surface area contributed by atoms with Crippen LogP contribution in [0.3, 0.4) is 0 Å². The van der Waals surface area contributed by atoms with Gasteiger partial charge in [-0.05, 0) is 92.7 Å². The summed E-state index contributed by atoms with van der Waals surface area (Å²) in [6.45, 7) is 42.0. The number of aliphatic hydroxyl groups is 1. The van der Waals surface area contributed by atoms with E-state index in [-0.39, 0.29) is 113 Å². The van der Waals surface area contributed by atoms with E-state index in [1.807, 2.05) is 6.08 Å². The Bertz CT molecular complexity index is 2550. The van der Waals surface area contributed by atoms with Crippen molar-refractivity contribution in [3.63, 3.8) is 0 Å². The molecule has 2 aliphatic rings. The lowest BCUT2D eigenvalue weighted by Gasteiger charge is -2.53. The molecule has 1 N–H and O–H groups in total. The zero-order valence-electron chi connectivity index (χ0n) is 47.8. The maximum Gasteiger partial charge on any atom is 0.339 e. The van der Waals surface area contributed by atoms with Crippen molar-refractivity contribution in [2.45, 2.75) is 210 Å². The van der Waals surface area contributed by atoms with Gasteiger partial charge in [-0.3, -0.25) is 14.9 Å². The van der Waals surface area contributed by atoms with Gasteiger partial charge in [-0.25, -0.2) is 0 Å². The first-order chi connectivity index (χ1) is 34.3. The number of ketones is 1. The van der Waals surface area contributed by atoms with Crippen LogP contribution in [-0.2, 0) is 38.5 Å².